The first-order valence-corrected chi connectivity index (χ1v) is 7.24. The highest BCUT2D eigenvalue weighted by Gasteiger charge is 2.43. The first-order valence-electron chi connectivity index (χ1n) is 7.24. The van der Waals surface area contributed by atoms with Gasteiger partial charge in [-0.25, -0.2) is 0 Å². The van der Waals surface area contributed by atoms with Gasteiger partial charge in [-0.1, -0.05) is 0 Å². The molecule has 1 spiro atoms. The summed E-state index contributed by atoms with van der Waals surface area (Å²) in [6, 6.07) is 1.72. The molecule has 5 heteroatoms. The van der Waals surface area contributed by atoms with Crippen LogP contribution in [0.5, 0.6) is 0 Å². The van der Waals surface area contributed by atoms with Crippen LogP contribution in [0.2, 0.25) is 0 Å². The Morgan fingerprint density at radius 3 is 2.85 bits per heavy atom. The Morgan fingerprint density at radius 2 is 2.20 bits per heavy atom. The van der Waals surface area contributed by atoms with Gasteiger partial charge < -0.3 is 14.6 Å². The molecule has 1 aromatic rings. The van der Waals surface area contributed by atoms with Crippen molar-refractivity contribution in [1.29, 1.82) is 0 Å². The number of rotatable bonds is 1. The van der Waals surface area contributed by atoms with Crippen molar-refractivity contribution in [3.63, 3.8) is 0 Å². The van der Waals surface area contributed by atoms with Crippen molar-refractivity contribution >= 4 is 11.8 Å². The molecule has 5 nitrogen and oxygen atoms in total. The van der Waals surface area contributed by atoms with Gasteiger partial charge in [0.2, 0.25) is 5.91 Å². The summed E-state index contributed by atoms with van der Waals surface area (Å²) in [6.07, 6.45) is 4.98. The minimum absolute atomic E-state index is 0.0201. The molecule has 2 amide bonds. The summed E-state index contributed by atoms with van der Waals surface area (Å²) in [5.74, 6) is 0.852. The number of carbonyl (C=O) groups excluding carboxylic acids is 2. The second kappa shape index (κ2) is 4.96. The number of carbonyl (C=O) groups is 2. The van der Waals surface area contributed by atoms with E-state index in [9.17, 15) is 9.59 Å². The maximum atomic E-state index is 12.5. The van der Waals surface area contributed by atoms with E-state index >= 15 is 0 Å². The Balaban J connectivity index is 1.73. The van der Waals surface area contributed by atoms with E-state index in [2.05, 4.69) is 5.32 Å². The van der Waals surface area contributed by atoms with Crippen LogP contribution in [0.25, 0.3) is 0 Å². The maximum absolute atomic E-state index is 12.5. The minimum atomic E-state index is -0.236. The Hall–Kier alpha value is -1.78. The van der Waals surface area contributed by atoms with Crippen LogP contribution >= 0.6 is 0 Å². The highest BCUT2D eigenvalue weighted by atomic mass is 16.3. The van der Waals surface area contributed by atoms with Crippen molar-refractivity contribution in [2.45, 2.75) is 32.6 Å². The van der Waals surface area contributed by atoms with E-state index in [0.717, 1.165) is 38.8 Å². The van der Waals surface area contributed by atoms with Crippen molar-refractivity contribution < 1.29 is 14.0 Å². The van der Waals surface area contributed by atoms with Gasteiger partial charge in [-0.3, -0.25) is 9.59 Å². The third kappa shape index (κ3) is 2.11. The largest absolute Gasteiger partial charge is 0.469 e. The number of likely N-dealkylation sites (tertiary alicyclic amines) is 1. The molecule has 0 bridgehead atoms. The molecular formula is C15H20N2O3. The Labute approximate surface area is 118 Å². The van der Waals surface area contributed by atoms with E-state index < -0.39 is 0 Å². The molecule has 2 aliphatic rings. The van der Waals surface area contributed by atoms with Crippen molar-refractivity contribution in [2.75, 3.05) is 19.6 Å². The highest BCUT2D eigenvalue weighted by molar-refractivity contribution is 5.95. The lowest BCUT2D eigenvalue weighted by atomic mass is 9.79. The van der Waals surface area contributed by atoms with Crippen molar-refractivity contribution in [3.05, 3.63) is 23.7 Å². The molecule has 3 heterocycles. The van der Waals surface area contributed by atoms with Gasteiger partial charge in [0.25, 0.3) is 5.91 Å². The van der Waals surface area contributed by atoms with E-state index in [1.165, 1.54) is 0 Å². The lowest BCUT2D eigenvalue weighted by Crippen LogP contribution is -2.35. The molecule has 0 aromatic carbocycles. The fourth-order valence-electron chi connectivity index (χ4n) is 3.37. The predicted octanol–water partition coefficient (Wildman–Crippen LogP) is 1.72. The lowest BCUT2D eigenvalue weighted by Gasteiger charge is -2.24. The highest BCUT2D eigenvalue weighted by Crippen LogP contribution is 2.38. The lowest BCUT2D eigenvalue weighted by molar-refractivity contribution is -0.128. The molecule has 1 atom stereocenters. The van der Waals surface area contributed by atoms with Crippen molar-refractivity contribution in [1.82, 2.24) is 10.2 Å². The fraction of sp³-hybridized carbons (Fsp3) is 0.600. The van der Waals surface area contributed by atoms with Gasteiger partial charge in [-0.15, -0.1) is 0 Å². The molecule has 1 aromatic heterocycles. The second-order valence-electron chi connectivity index (χ2n) is 5.82. The van der Waals surface area contributed by atoms with E-state index in [-0.39, 0.29) is 17.2 Å². The standard InChI is InChI=1S/C15H20N2O3/c1-11-12(3-10-20-11)13(18)17-8-2-4-15(6-9-17)5-7-16-14(15)19/h3,10H,2,4-9H2,1H3,(H,16,19). The van der Waals surface area contributed by atoms with Crippen molar-refractivity contribution in [3.8, 4) is 0 Å². The van der Waals surface area contributed by atoms with Gasteiger partial charge in [0, 0.05) is 19.6 Å². The van der Waals surface area contributed by atoms with E-state index in [1.54, 1.807) is 19.3 Å². The van der Waals surface area contributed by atoms with Crippen LogP contribution in [-0.4, -0.2) is 36.3 Å². The number of amides is 2. The Kier molecular flexibility index (Phi) is 3.28. The molecule has 2 aliphatic heterocycles. The average Bonchev–Trinajstić information content (AvgIpc) is 2.92. The number of furan rings is 1. The number of aryl methyl sites for hydroxylation is 1. The zero-order chi connectivity index (χ0) is 14.2. The van der Waals surface area contributed by atoms with Crippen LogP contribution in [0.1, 0.15) is 41.8 Å². The summed E-state index contributed by atoms with van der Waals surface area (Å²) in [4.78, 5) is 26.4. The molecule has 2 fully saturated rings. The fourth-order valence-corrected chi connectivity index (χ4v) is 3.37. The molecule has 0 radical (unpaired) electrons. The summed E-state index contributed by atoms with van der Waals surface area (Å²) in [5, 5.41) is 2.93. The molecule has 108 valence electrons. The first-order chi connectivity index (χ1) is 9.62. The van der Waals surface area contributed by atoms with Gasteiger partial charge in [0.15, 0.2) is 0 Å². The summed E-state index contributed by atoms with van der Waals surface area (Å²) in [7, 11) is 0. The zero-order valence-corrected chi connectivity index (χ0v) is 11.8. The van der Waals surface area contributed by atoms with E-state index in [0.29, 0.717) is 17.9 Å². The van der Waals surface area contributed by atoms with Gasteiger partial charge in [0.1, 0.15) is 5.76 Å². The van der Waals surface area contributed by atoms with Gasteiger partial charge >= 0.3 is 0 Å². The minimum Gasteiger partial charge on any atom is -0.469 e. The smallest absolute Gasteiger partial charge is 0.257 e. The van der Waals surface area contributed by atoms with Crippen molar-refractivity contribution in [2.24, 2.45) is 5.41 Å². The molecule has 20 heavy (non-hydrogen) atoms. The first kappa shape index (κ1) is 13.2. The van der Waals surface area contributed by atoms with Crippen LogP contribution in [0.3, 0.4) is 0 Å². The molecule has 2 saturated heterocycles. The molecule has 3 rings (SSSR count). The third-order valence-electron chi connectivity index (χ3n) is 4.69. The van der Waals surface area contributed by atoms with Gasteiger partial charge in [-0.2, -0.15) is 0 Å². The summed E-state index contributed by atoms with van der Waals surface area (Å²) >= 11 is 0. The molecule has 0 saturated carbocycles. The van der Waals surface area contributed by atoms with Crippen LogP contribution < -0.4 is 5.32 Å². The van der Waals surface area contributed by atoms with Gasteiger partial charge in [0.05, 0.1) is 17.2 Å². The number of hydrogen-bond donors (Lipinski definition) is 1. The van der Waals surface area contributed by atoms with Crippen LogP contribution in [-0.2, 0) is 4.79 Å². The quantitative estimate of drug-likeness (QED) is 0.849. The second-order valence-corrected chi connectivity index (χ2v) is 5.82. The molecule has 1 unspecified atom stereocenters. The van der Waals surface area contributed by atoms with E-state index in [1.807, 2.05) is 4.90 Å². The number of hydrogen-bond acceptors (Lipinski definition) is 3. The van der Waals surface area contributed by atoms with Gasteiger partial charge in [-0.05, 0) is 38.7 Å². The topological polar surface area (TPSA) is 62.6 Å². The van der Waals surface area contributed by atoms with Crippen LogP contribution in [0.15, 0.2) is 16.7 Å². The normalized spacial score (nSPS) is 26.6. The Morgan fingerprint density at radius 1 is 1.35 bits per heavy atom. The predicted molar refractivity (Wildman–Crippen MR) is 73.3 cm³/mol. The zero-order valence-electron chi connectivity index (χ0n) is 11.8. The Bertz CT molecular complexity index is 537. The van der Waals surface area contributed by atoms with Crippen LogP contribution in [0, 0.1) is 12.3 Å². The number of nitrogens with zero attached hydrogens (tertiary/aromatic N) is 1. The summed E-state index contributed by atoms with van der Waals surface area (Å²) in [5.41, 5.74) is 0.400. The summed E-state index contributed by atoms with van der Waals surface area (Å²) in [6.45, 7) is 3.94. The molecular weight excluding hydrogens is 256 g/mol. The molecule has 1 N–H and O–H groups in total. The number of nitrogens with one attached hydrogen (secondary N) is 1. The average molecular weight is 276 g/mol. The molecule has 0 aliphatic carbocycles. The monoisotopic (exact) mass is 276 g/mol. The summed E-state index contributed by atoms with van der Waals surface area (Å²) < 4.78 is 5.21. The third-order valence-corrected chi connectivity index (χ3v) is 4.69. The van der Waals surface area contributed by atoms with Crippen LogP contribution in [0.4, 0.5) is 0 Å². The van der Waals surface area contributed by atoms with E-state index in [4.69, 9.17) is 4.42 Å². The SMILES string of the molecule is Cc1occc1C(=O)N1CCCC2(CCNC2=O)CC1. The maximum Gasteiger partial charge on any atom is 0.257 e.